The zero-order valence-electron chi connectivity index (χ0n) is 5.80. The van der Waals surface area contributed by atoms with Crippen LogP contribution in [0.15, 0.2) is 0 Å². The van der Waals surface area contributed by atoms with Crippen molar-refractivity contribution in [3.8, 4) is 0 Å². The lowest BCUT2D eigenvalue weighted by molar-refractivity contribution is 1.09. The minimum absolute atomic E-state index is 0. The molecule has 0 aliphatic carbocycles. The van der Waals surface area contributed by atoms with Crippen molar-refractivity contribution in [3.05, 3.63) is 0 Å². The van der Waals surface area contributed by atoms with Gasteiger partial charge < -0.3 is 17.2 Å². The summed E-state index contributed by atoms with van der Waals surface area (Å²) in [6.45, 7) is 0. The summed E-state index contributed by atoms with van der Waals surface area (Å²) in [6, 6.07) is 0. The molecule has 12 heavy (non-hydrogen) atoms. The highest BCUT2D eigenvalue weighted by Crippen LogP contribution is 1.97. The second kappa shape index (κ2) is 6.96. The number of anilines is 3. The van der Waals surface area contributed by atoms with Crippen molar-refractivity contribution >= 4 is 55.1 Å². The predicted octanol–water partition coefficient (Wildman–Crippen LogP) is -0.116. The lowest BCUT2D eigenvalue weighted by atomic mass is 10.9. The number of nitrogens with zero attached hydrogens (tertiary/aromatic N) is 3. The fraction of sp³-hybridized carbons (Fsp3) is 0. The highest BCUT2D eigenvalue weighted by molar-refractivity contribution is 5.86. The summed E-state index contributed by atoms with van der Waals surface area (Å²) in [4.78, 5) is 10.5. The number of hydrogen-bond donors (Lipinski definition) is 3. The summed E-state index contributed by atoms with van der Waals surface area (Å²) in [5.41, 5.74) is 15.4. The van der Waals surface area contributed by atoms with E-state index in [1.54, 1.807) is 0 Å². The fourth-order valence-electron chi connectivity index (χ4n) is 0.427. The number of aromatic nitrogens is 3. The quantitative estimate of drug-likeness (QED) is 0.577. The van der Waals surface area contributed by atoms with Crippen molar-refractivity contribution in [2.75, 3.05) is 17.2 Å². The van der Waals surface area contributed by atoms with E-state index in [-0.39, 0.29) is 55.1 Å². The average molecular weight is 236 g/mol. The van der Waals surface area contributed by atoms with Crippen LogP contribution in [0, 0.1) is 0 Å². The molecule has 0 saturated carbocycles. The summed E-state index contributed by atoms with van der Waals surface area (Å²) in [6.07, 6.45) is 0. The number of halogens is 3. The molecule has 1 aromatic heterocycles. The molecule has 9 heteroatoms. The molecular weight excluding hydrogens is 226 g/mol. The van der Waals surface area contributed by atoms with E-state index in [2.05, 4.69) is 15.0 Å². The van der Waals surface area contributed by atoms with E-state index in [0.717, 1.165) is 0 Å². The lowest BCUT2D eigenvalue weighted by Crippen LogP contribution is -2.05. The van der Waals surface area contributed by atoms with E-state index < -0.39 is 0 Å². The van der Waals surface area contributed by atoms with Gasteiger partial charge in [0.1, 0.15) is 0 Å². The van der Waals surface area contributed by atoms with Crippen molar-refractivity contribution in [1.82, 2.24) is 15.0 Å². The first-order chi connectivity index (χ1) is 4.18. The van der Waals surface area contributed by atoms with Gasteiger partial charge in [-0.2, -0.15) is 15.0 Å². The third-order valence-electron chi connectivity index (χ3n) is 0.687. The maximum Gasteiger partial charge on any atom is 0.226 e. The zero-order valence-corrected chi connectivity index (χ0v) is 8.25. The number of rotatable bonds is 0. The Balaban J connectivity index is -0.000000270. The van der Waals surface area contributed by atoms with Gasteiger partial charge in [-0.05, 0) is 0 Å². The molecule has 1 heterocycles. The third-order valence-corrected chi connectivity index (χ3v) is 0.687. The Morgan fingerprint density at radius 2 is 0.750 bits per heavy atom. The molecule has 0 bridgehead atoms. The summed E-state index contributed by atoms with van der Waals surface area (Å²) in [7, 11) is 0. The van der Waals surface area contributed by atoms with Crippen molar-refractivity contribution in [3.63, 3.8) is 0 Å². The highest BCUT2D eigenvalue weighted by atomic mass is 35.5. The van der Waals surface area contributed by atoms with Gasteiger partial charge in [0.15, 0.2) is 0 Å². The zero-order chi connectivity index (χ0) is 6.85. The minimum Gasteiger partial charge on any atom is -0.368 e. The average Bonchev–Trinajstić information content (AvgIpc) is 1.59. The molecule has 0 fully saturated rings. The first-order valence-electron chi connectivity index (χ1n) is 2.21. The molecule has 72 valence electrons. The van der Waals surface area contributed by atoms with Gasteiger partial charge in [0, 0.05) is 0 Å². The van der Waals surface area contributed by atoms with E-state index in [1.165, 1.54) is 0 Å². The van der Waals surface area contributed by atoms with Crippen LogP contribution in [0.5, 0.6) is 0 Å². The Morgan fingerprint density at radius 1 is 0.583 bits per heavy atom. The molecule has 0 aliphatic rings. The number of nitrogens with two attached hydrogens (primary N) is 3. The van der Waals surface area contributed by atoms with Crippen LogP contribution in [0.1, 0.15) is 0 Å². The molecule has 6 N–H and O–H groups in total. The van der Waals surface area contributed by atoms with Gasteiger partial charge in [-0.3, -0.25) is 0 Å². The standard InChI is InChI=1S/C3H6N6.3ClH/c4-1-7-2(5)9-3(6)8-1;;;/h(H6,4,5,6,7,8,9);3*1H. The molecule has 0 amide bonds. The molecule has 1 rings (SSSR count). The largest absolute Gasteiger partial charge is 0.368 e. The van der Waals surface area contributed by atoms with Gasteiger partial charge >= 0.3 is 0 Å². The molecule has 0 radical (unpaired) electrons. The van der Waals surface area contributed by atoms with Crippen molar-refractivity contribution in [2.24, 2.45) is 0 Å². The molecule has 0 saturated heterocycles. The molecular formula is C3H9Cl3N6. The van der Waals surface area contributed by atoms with E-state index in [4.69, 9.17) is 17.2 Å². The van der Waals surface area contributed by atoms with Gasteiger partial charge in [-0.15, -0.1) is 37.2 Å². The van der Waals surface area contributed by atoms with Crippen molar-refractivity contribution in [2.45, 2.75) is 0 Å². The molecule has 0 unspecified atom stereocenters. The smallest absolute Gasteiger partial charge is 0.226 e. The predicted molar refractivity (Wildman–Crippen MR) is 54.8 cm³/mol. The van der Waals surface area contributed by atoms with Crippen molar-refractivity contribution < 1.29 is 0 Å². The molecule has 0 aliphatic heterocycles. The molecule has 0 atom stereocenters. The van der Waals surface area contributed by atoms with Crippen LogP contribution in [0.25, 0.3) is 0 Å². The molecule has 1 aromatic rings. The van der Waals surface area contributed by atoms with Crippen molar-refractivity contribution in [1.29, 1.82) is 0 Å². The van der Waals surface area contributed by atoms with Gasteiger partial charge in [0.05, 0.1) is 0 Å². The Hall–Kier alpha value is -0.720. The summed E-state index contributed by atoms with van der Waals surface area (Å²) in [5.74, 6) is 0.125. The Morgan fingerprint density at radius 3 is 0.917 bits per heavy atom. The monoisotopic (exact) mass is 234 g/mol. The first-order valence-corrected chi connectivity index (χ1v) is 2.21. The van der Waals surface area contributed by atoms with Gasteiger partial charge in [-0.25, -0.2) is 0 Å². The Bertz CT molecular complexity index is 179. The normalized spacial score (nSPS) is 7.00. The first kappa shape index (κ1) is 17.4. The molecule has 0 spiro atoms. The maximum atomic E-state index is 5.14. The summed E-state index contributed by atoms with van der Waals surface area (Å²) in [5, 5.41) is 0. The highest BCUT2D eigenvalue weighted by Gasteiger charge is 1.93. The van der Waals surface area contributed by atoms with E-state index in [1.807, 2.05) is 0 Å². The van der Waals surface area contributed by atoms with Crippen LogP contribution in [0.4, 0.5) is 17.8 Å². The Labute approximate surface area is 87.6 Å². The Kier molecular flexibility index (Phi) is 10.1. The second-order valence-electron chi connectivity index (χ2n) is 1.41. The summed E-state index contributed by atoms with van der Waals surface area (Å²) < 4.78 is 0. The topological polar surface area (TPSA) is 117 Å². The number of hydrogen-bond acceptors (Lipinski definition) is 6. The van der Waals surface area contributed by atoms with Crippen LogP contribution in [-0.4, -0.2) is 15.0 Å². The number of nitrogen functional groups attached to an aromatic ring is 3. The van der Waals surface area contributed by atoms with Crippen LogP contribution >= 0.6 is 37.2 Å². The SMILES string of the molecule is Cl.Cl.Cl.Nc1nc(N)nc(N)n1. The maximum absolute atomic E-state index is 5.14. The third kappa shape index (κ3) is 5.00. The lowest BCUT2D eigenvalue weighted by Gasteiger charge is -1.93. The van der Waals surface area contributed by atoms with Crippen LogP contribution in [0.2, 0.25) is 0 Å². The molecule has 6 nitrogen and oxygen atoms in total. The van der Waals surface area contributed by atoms with Crippen LogP contribution < -0.4 is 17.2 Å². The van der Waals surface area contributed by atoms with Crippen LogP contribution in [0.3, 0.4) is 0 Å². The van der Waals surface area contributed by atoms with Gasteiger partial charge in [0.2, 0.25) is 17.8 Å². The van der Waals surface area contributed by atoms with Crippen LogP contribution in [-0.2, 0) is 0 Å². The fourth-order valence-corrected chi connectivity index (χ4v) is 0.427. The minimum atomic E-state index is 0. The van der Waals surface area contributed by atoms with E-state index in [9.17, 15) is 0 Å². The van der Waals surface area contributed by atoms with Gasteiger partial charge in [-0.1, -0.05) is 0 Å². The van der Waals surface area contributed by atoms with E-state index in [0.29, 0.717) is 0 Å². The summed E-state index contributed by atoms with van der Waals surface area (Å²) >= 11 is 0. The second-order valence-corrected chi connectivity index (χ2v) is 1.41. The van der Waals surface area contributed by atoms with E-state index >= 15 is 0 Å². The van der Waals surface area contributed by atoms with Gasteiger partial charge in [0.25, 0.3) is 0 Å². The molecule has 0 aromatic carbocycles.